The molecule has 31 heavy (non-hydrogen) atoms. The van der Waals surface area contributed by atoms with Gasteiger partial charge in [0.2, 0.25) is 0 Å². The normalized spacial score (nSPS) is 12.0. The predicted octanol–water partition coefficient (Wildman–Crippen LogP) is 4.84. The molecule has 1 atom stereocenters. The molecule has 5 nitrogen and oxygen atoms in total. The minimum atomic E-state index is -0.424. The number of fused-ring (bicyclic) bond motifs is 1. The highest BCUT2D eigenvalue weighted by molar-refractivity contribution is 5.94. The molecule has 3 aromatic carbocycles. The van der Waals surface area contributed by atoms with E-state index in [0.29, 0.717) is 22.3 Å². The van der Waals surface area contributed by atoms with Crippen LogP contribution in [0.3, 0.4) is 0 Å². The molecule has 1 aromatic heterocycles. The number of aryl methyl sites for hydroxylation is 2. The Morgan fingerprint density at radius 3 is 2.32 bits per heavy atom. The van der Waals surface area contributed by atoms with Crippen LogP contribution >= 0.6 is 0 Å². The summed E-state index contributed by atoms with van der Waals surface area (Å²) >= 11 is 0. The summed E-state index contributed by atoms with van der Waals surface area (Å²) in [4.78, 5) is 33.1. The van der Waals surface area contributed by atoms with Gasteiger partial charge in [-0.2, -0.15) is 0 Å². The summed E-state index contributed by atoms with van der Waals surface area (Å²) in [5, 5.41) is 0.550. The molecule has 0 bridgehead atoms. The number of hydrogen-bond donors (Lipinski definition) is 0. The number of hydrogen-bond acceptors (Lipinski definition) is 3. The molecule has 1 heterocycles. The average Bonchev–Trinajstić information content (AvgIpc) is 2.80. The van der Waals surface area contributed by atoms with Crippen molar-refractivity contribution in [2.24, 2.45) is 0 Å². The van der Waals surface area contributed by atoms with Crippen LogP contribution in [0.25, 0.3) is 16.6 Å². The molecular weight excluding hydrogens is 386 g/mol. The quantitative estimate of drug-likeness (QED) is 0.483. The van der Waals surface area contributed by atoms with Gasteiger partial charge in [0.25, 0.3) is 11.5 Å². The van der Waals surface area contributed by atoms with E-state index in [0.717, 1.165) is 16.8 Å². The topological polar surface area (TPSA) is 55.2 Å². The summed E-state index contributed by atoms with van der Waals surface area (Å²) in [6.07, 6.45) is 0. The van der Waals surface area contributed by atoms with Crippen LogP contribution in [0.1, 0.15) is 40.3 Å². The Hall–Kier alpha value is -3.73. The van der Waals surface area contributed by atoms with E-state index in [-0.39, 0.29) is 11.5 Å². The lowest BCUT2D eigenvalue weighted by atomic mass is 10.1. The van der Waals surface area contributed by atoms with Crippen molar-refractivity contribution in [3.63, 3.8) is 0 Å². The third-order valence-electron chi connectivity index (χ3n) is 5.85. The van der Waals surface area contributed by atoms with Crippen molar-refractivity contribution in [2.45, 2.75) is 26.8 Å². The van der Waals surface area contributed by atoms with E-state index < -0.39 is 6.04 Å². The Morgan fingerprint density at radius 2 is 1.61 bits per heavy atom. The van der Waals surface area contributed by atoms with Crippen molar-refractivity contribution >= 4 is 16.8 Å². The highest BCUT2D eigenvalue weighted by Gasteiger charge is 2.25. The number of para-hydroxylation sites is 1. The lowest BCUT2D eigenvalue weighted by Crippen LogP contribution is -2.34. The number of nitrogens with zero attached hydrogens (tertiary/aromatic N) is 3. The lowest BCUT2D eigenvalue weighted by Gasteiger charge is -2.27. The lowest BCUT2D eigenvalue weighted by molar-refractivity contribution is 0.0735. The average molecular weight is 412 g/mol. The summed E-state index contributed by atoms with van der Waals surface area (Å²) in [7, 11) is 1.74. The maximum atomic E-state index is 13.5. The summed E-state index contributed by atoms with van der Waals surface area (Å²) in [5.74, 6) is 0.404. The molecule has 0 aliphatic rings. The van der Waals surface area contributed by atoms with Crippen LogP contribution in [0.4, 0.5) is 0 Å². The molecule has 4 rings (SSSR count). The Balaban J connectivity index is 1.90. The van der Waals surface area contributed by atoms with E-state index in [4.69, 9.17) is 4.98 Å². The van der Waals surface area contributed by atoms with E-state index in [1.807, 2.05) is 75.4 Å². The van der Waals surface area contributed by atoms with Crippen molar-refractivity contribution in [3.8, 4) is 5.69 Å². The number of carbonyl (C=O) groups excluding carboxylic acids is 1. The first-order chi connectivity index (χ1) is 14.9. The highest BCUT2D eigenvalue weighted by Crippen LogP contribution is 2.24. The zero-order valence-corrected chi connectivity index (χ0v) is 18.2. The van der Waals surface area contributed by atoms with Crippen molar-refractivity contribution < 1.29 is 4.79 Å². The Morgan fingerprint density at radius 1 is 0.935 bits per heavy atom. The summed E-state index contributed by atoms with van der Waals surface area (Å²) in [5.41, 5.74) is 4.05. The van der Waals surface area contributed by atoms with Crippen LogP contribution < -0.4 is 5.56 Å². The first-order valence-electron chi connectivity index (χ1n) is 10.3. The molecule has 0 N–H and O–H groups in total. The maximum absolute atomic E-state index is 13.5. The summed E-state index contributed by atoms with van der Waals surface area (Å²) in [6.45, 7) is 5.96. The number of carbonyl (C=O) groups is 1. The fraction of sp³-hybridized carbons (Fsp3) is 0.192. The maximum Gasteiger partial charge on any atom is 0.266 e. The number of rotatable bonds is 4. The fourth-order valence-corrected chi connectivity index (χ4v) is 3.68. The van der Waals surface area contributed by atoms with Gasteiger partial charge in [-0.25, -0.2) is 4.98 Å². The van der Waals surface area contributed by atoms with Gasteiger partial charge in [0.1, 0.15) is 5.82 Å². The predicted molar refractivity (Wildman–Crippen MR) is 124 cm³/mol. The van der Waals surface area contributed by atoms with Crippen LogP contribution in [-0.4, -0.2) is 27.4 Å². The zero-order valence-electron chi connectivity index (χ0n) is 18.2. The molecule has 5 heteroatoms. The number of aromatic nitrogens is 2. The van der Waals surface area contributed by atoms with E-state index in [1.54, 1.807) is 34.7 Å². The molecule has 0 saturated heterocycles. The third-order valence-corrected chi connectivity index (χ3v) is 5.85. The Labute approximate surface area is 181 Å². The third kappa shape index (κ3) is 3.75. The Kier molecular flexibility index (Phi) is 5.42. The molecule has 0 aliphatic heterocycles. The molecule has 0 saturated carbocycles. The smallest absolute Gasteiger partial charge is 0.266 e. The molecule has 0 fully saturated rings. The molecular formula is C26H25N3O2. The van der Waals surface area contributed by atoms with Gasteiger partial charge < -0.3 is 4.90 Å². The van der Waals surface area contributed by atoms with Crippen LogP contribution in [0.2, 0.25) is 0 Å². The van der Waals surface area contributed by atoms with Crippen molar-refractivity contribution in [2.75, 3.05) is 7.05 Å². The van der Waals surface area contributed by atoms with E-state index in [1.165, 1.54) is 0 Å². The van der Waals surface area contributed by atoms with Gasteiger partial charge in [-0.05, 0) is 68.3 Å². The van der Waals surface area contributed by atoms with Gasteiger partial charge in [-0.15, -0.1) is 0 Å². The van der Waals surface area contributed by atoms with Crippen LogP contribution in [0, 0.1) is 13.8 Å². The SMILES string of the molecule is Cc1ccc(-n2c(C(C)N(C)C(=O)c3ccccc3)nc3ccccc3c2=O)cc1C. The molecule has 0 aliphatic carbocycles. The fourth-order valence-electron chi connectivity index (χ4n) is 3.68. The van der Waals surface area contributed by atoms with Gasteiger partial charge >= 0.3 is 0 Å². The minimum absolute atomic E-state index is 0.123. The summed E-state index contributed by atoms with van der Waals surface area (Å²) in [6, 6.07) is 21.9. The van der Waals surface area contributed by atoms with E-state index in [9.17, 15) is 9.59 Å². The van der Waals surface area contributed by atoms with Gasteiger partial charge in [0.15, 0.2) is 0 Å². The van der Waals surface area contributed by atoms with Crippen LogP contribution in [0.15, 0.2) is 77.6 Å². The van der Waals surface area contributed by atoms with E-state index in [2.05, 4.69) is 0 Å². The van der Waals surface area contributed by atoms with Crippen molar-refractivity contribution in [1.29, 1.82) is 0 Å². The Bertz CT molecular complexity index is 1330. The van der Waals surface area contributed by atoms with Gasteiger partial charge in [-0.3, -0.25) is 14.2 Å². The first-order valence-corrected chi connectivity index (χ1v) is 10.3. The molecule has 0 spiro atoms. The van der Waals surface area contributed by atoms with Crippen LogP contribution in [-0.2, 0) is 0 Å². The van der Waals surface area contributed by atoms with E-state index >= 15 is 0 Å². The second-order valence-corrected chi connectivity index (χ2v) is 7.85. The van der Waals surface area contributed by atoms with Gasteiger partial charge in [-0.1, -0.05) is 36.4 Å². The molecule has 4 aromatic rings. The highest BCUT2D eigenvalue weighted by atomic mass is 16.2. The molecule has 1 unspecified atom stereocenters. The van der Waals surface area contributed by atoms with Gasteiger partial charge in [0.05, 0.1) is 22.6 Å². The molecule has 1 amide bonds. The van der Waals surface area contributed by atoms with Gasteiger partial charge in [0, 0.05) is 12.6 Å². The minimum Gasteiger partial charge on any atom is -0.332 e. The van der Waals surface area contributed by atoms with Crippen molar-refractivity contribution in [1.82, 2.24) is 14.5 Å². The summed E-state index contributed by atoms with van der Waals surface area (Å²) < 4.78 is 1.63. The largest absolute Gasteiger partial charge is 0.332 e. The monoisotopic (exact) mass is 411 g/mol. The molecule has 156 valence electrons. The second-order valence-electron chi connectivity index (χ2n) is 7.85. The standard InChI is InChI=1S/C26H25N3O2/c1-17-14-15-21(16-18(17)2)29-24(27-23-13-9-8-12-22(23)26(29)31)19(3)28(4)25(30)20-10-6-5-7-11-20/h5-16,19H,1-4H3. The first kappa shape index (κ1) is 20.5. The second kappa shape index (κ2) is 8.19. The van der Waals surface area contributed by atoms with Crippen molar-refractivity contribution in [3.05, 3.63) is 106 Å². The number of benzene rings is 3. The van der Waals surface area contributed by atoms with Crippen LogP contribution in [0.5, 0.6) is 0 Å². The molecule has 0 radical (unpaired) electrons. The number of amides is 1. The zero-order chi connectivity index (χ0) is 22.1.